The lowest BCUT2D eigenvalue weighted by Crippen LogP contribution is -2.25. The summed E-state index contributed by atoms with van der Waals surface area (Å²) in [4.78, 5) is 6.34. The third-order valence-corrected chi connectivity index (χ3v) is 3.42. The van der Waals surface area contributed by atoms with Crippen LogP contribution in [0.4, 0.5) is 5.69 Å². The molecule has 0 spiro atoms. The van der Waals surface area contributed by atoms with Crippen molar-refractivity contribution < 1.29 is 0 Å². The monoisotopic (exact) mass is 288 g/mol. The number of anilines is 1. The van der Waals surface area contributed by atoms with Gasteiger partial charge in [-0.1, -0.05) is 23.7 Å². The maximum Gasteiger partial charge on any atom is 0.126 e. The number of hydrogen-bond acceptors (Lipinski definition) is 3. The SMILES string of the molecule is CN(CCc1ccccn1)c1cccc(Cl)c1C(=N)N. The van der Waals surface area contributed by atoms with Crippen molar-refractivity contribution in [3.05, 3.63) is 58.9 Å². The second-order valence-corrected chi connectivity index (χ2v) is 4.95. The van der Waals surface area contributed by atoms with E-state index in [1.54, 1.807) is 12.3 Å². The van der Waals surface area contributed by atoms with Crippen LogP contribution in [0.15, 0.2) is 42.6 Å². The van der Waals surface area contributed by atoms with Crippen LogP contribution in [0, 0.1) is 5.41 Å². The molecule has 0 amide bonds. The molecule has 20 heavy (non-hydrogen) atoms. The van der Waals surface area contributed by atoms with Crippen LogP contribution in [-0.2, 0) is 6.42 Å². The molecular formula is C15H17ClN4. The molecule has 104 valence electrons. The predicted molar refractivity (Wildman–Crippen MR) is 83.7 cm³/mol. The van der Waals surface area contributed by atoms with Gasteiger partial charge in [0.1, 0.15) is 5.84 Å². The highest BCUT2D eigenvalue weighted by atomic mass is 35.5. The Morgan fingerprint density at radius 2 is 2.10 bits per heavy atom. The normalized spacial score (nSPS) is 10.3. The molecule has 0 bridgehead atoms. The maximum atomic E-state index is 7.66. The zero-order valence-electron chi connectivity index (χ0n) is 11.3. The van der Waals surface area contributed by atoms with E-state index in [1.807, 2.05) is 42.3 Å². The van der Waals surface area contributed by atoms with Crippen molar-refractivity contribution in [2.75, 3.05) is 18.5 Å². The van der Waals surface area contributed by atoms with E-state index in [2.05, 4.69) is 4.98 Å². The molecule has 0 unspecified atom stereocenters. The standard InChI is InChI=1S/C15H17ClN4/c1-20(10-8-11-5-2-3-9-19-11)13-7-4-6-12(16)14(13)15(17)18/h2-7,9H,8,10H2,1H3,(H3,17,18). The van der Waals surface area contributed by atoms with Gasteiger partial charge < -0.3 is 10.6 Å². The van der Waals surface area contributed by atoms with E-state index >= 15 is 0 Å². The molecule has 0 aliphatic heterocycles. The first-order valence-corrected chi connectivity index (χ1v) is 6.71. The summed E-state index contributed by atoms with van der Waals surface area (Å²) in [5.41, 5.74) is 8.10. The van der Waals surface area contributed by atoms with Crippen molar-refractivity contribution in [3.8, 4) is 0 Å². The summed E-state index contributed by atoms with van der Waals surface area (Å²) in [6.07, 6.45) is 2.61. The fraction of sp³-hybridized carbons (Fsp3) is 0.200. The van der Waals surface area contributed by atoms with Crippen LogP contribution in [-0.4, -0.2) is 24.4 Å². The topological polar surface area (TPSA) is 66.0 Å². The van der Waals surface area contributed by atoms with Gasteiger partial charge in [0.25, 0.3) is 0 Å². The van der Waals surface area contributed by atoms with Crippen LogP contribution in [0.1, 0.15) is 11.3 Å². The Kier molecular flexibility index (Phi) is 4.58. The summed E-state index contributed by atoms with van der Waals surface area (Å²) < 4.78 is 0. The molecule has 0 radical (unpaired) electrons. The molecule has 1 aromatic heterocycles. The minimum Gasteiger partial charge on any atom is -0.384 e. The summed E-state index contributed by atoms with van der Waals surface area (Å²) in [6, 6.07) is 11.4. The van der Waals surface area contributed by atoms with Crippen LogP contribution in [0.3, 0.4) is 0 Å². The molecule has 0 saturated heterocycles. The van der Waals surface area contributed by atoms with Crippen LogP contribution >= 0.6 is 11.6 Å². The fourth-order valence-corrected chi connectivity index (χ4v) is 2.32. The van der Waals surface area contributed by atoms with E-state index in [4.69, 9.17) is 22.7 Å². The van der Waals surface area contributed by atoms with Crippen molar-refractivity contribution in [1.29, 1.82) is 5.41 Å². The van der Waals surface area contributed by atoms with Crippen molar-refractivity contribution in [1.82, 2.24) is 4.98 Å². The number of benzene rings is 1. The Bertz CT molecular complexity index is 598. The highest BCUT2D eigenvalue weighted by Gasteiger charge is 2.13. The van der Waals surface area contributed by atoms with E-state index in [0.29, 0.717) is 10.6 Å². The second kappa shape index (κ2) is 6.39. The molecular weight excluding hydrogens is 272 g/mol. The lowest BCUT2D eigenvalue weighted by Gasteiger charge is -2.22. The van der Waals surface area contributed by atoms with Gasteiger partial charge in [-0.15, -0.1) is 0 Å². The molecule has 0 atom stereocenters. The minimum absolute atomic E-state index is 0.0183. The van der Waals surface area contributed by atoms with E-state index < -0.39 is 0 Å². The number of aromatic nitrogens is 1. The molecule has 0 aliphatic rings. The molecule has 1 aromatic carbocycles. The number of nitrogens with two attached hydrogens (primary N) is 1. The summed E-state index contributed by atoms with van der Waals surface area (Å²) in [7, 11) is 1.96. The number of amidine groups is 1. The average molecular weight is 289 g/mol. The molecule has 5 heteroatoms. The van der Waals surface area contributed by atoms with Crippen molar-refractivity contribution in [3.63, 3.8) is 0 Å². The first kappa shape index (κ1) is 14.3. The van der Waals surface area contributed by atoms with Gasteiger partial charge in [-0.25, -0.2) is 0 Å². The first-order chi connectivity index (χ1) is 9.59. The highest BCUT2D eigenvalue weighted by Crippen LogP contribution is 2.26. The summed E-state index contributed by atoms with van der Waals surface area (Å²) in [6.45, 7) is 0.775. The molecule has 1 heterocycles. The lowest BCUT2D eigenvalue weighted by molar-refractivity contribution is 0.851. The van der Waals surface area contributed by atoms with E-state index in [1.165, 1.54) is 0 Å². The number of likely N-dealkylation sites (N-methyl/N-ethyl adjacent to an activating group) is 1. The largest absolute Gasteiger partial charge is 0.384 e. The average Bonchev–Trinajstić information content (AvgIpc) is 2.45. The first-order valence-electron chi connectivity index (χ1n) is 6.33. The molecule has 2 aromatic rings. The van der Waals surface area contributed by atoms with Gasteiger partial charge in [0.15, 0.2) is 0 Å². The van der Waals surface area contributed by atoms with Gasteiger partial charge >= 0.3 is 0 Å². The summed E-state index contributed by atoms with van der Waals surface area (Å²) in [5.74, 6) is -0.0183. The number of nitrogen functional groups attached to an aromatic ring is 1. The predicted octanol–water partition coefficient (Wildman–Crippen LogP) is 2.70. The number of nitrogens with one attached hydrogen (secondary N) is 1. The number of nitrogens with zero attached hydrogens (tertiary/aromatic N) is 2. The second-order valence-electron chi connectivity index (χ2n) is 4.54. The van der Waals surface area contributed by atoms with Gasteiger partial charge in [0, 0.05) is 37.6 Å². The van der Waals surface area contributed by atoms with Gasteiger partial charge in [0.05, 0.1) is 10.6 Å². The van der Waals surface area contributed by atoms with Crippen LogP contribution in [0.2, 0.25) is 5.02 Å². The smallest absolute Gasteiger partial charge is 0.126 e. The molecule has 2 rings (SSSR count). The van der Waals surface area contributed by atoms with Gasteiger partial charge in [-0.2, -0.15) is 0 Å². The Hall–Kier alpha value is -2.07. The van der Waals surface area contributed by atoms with Crippen LogP contribution in [0.5, 0.6) is 0 Å². The van der Waals surface area contributed by atoms with Gasteiger partial charge in [-0.05, 0) is 24.3 Å². The Morgan fingerprint density at radius 3 is 2.75 bits per heavy atom. The van der Waals surface area contributed by atoms with Crippen LogP contribution in [0.25, 0.3) is 0 Å². The molecule has 0 saturated carbocycles. The number of pyridine rings is 1. The third kappa shape index (κ3) is 3.27. The quantitative estimate of drug-likeness (QED) is 0.657. The number of hydrogen-bond donors (Lipinski definition) is 2. The number of halogens is 1. The molecule has 0 fully saturated rings. The zero-order chi connectivity index (χ0) is 14.5. The maximum absolute atomic E-state index is 7.66. The molecule has 4 nitrogen and oxygen atoms in total. The van der Waals surface area contributed by atoms with Crippen molar-refractivity contribution in [2.24, 2.45) is 5.73 Å². The van der Waals surface area contributed by atoms with Crippen molar-refractivity contribution >= 4 is 23.1 Å². The van der Waals surface area contributed by atoms with Crippen molar-refractivity contribution in [2.45, 2.75) is 6.42 Å². The van der Waals surface area contributed by atoms with Gasteiger partial charge in [-0.3, -0.25) is 10.4 Å². The lowest BCUT2D eigenvalue weighted by atomic mass is 10.1. The Morgan fingerprint density at radius 1 is 1.30 bits per heavy atom. The molecule has 0 aliphatic carbocycles. The molecule has 3 N–H and O–H groups in total. The van der Waals surface area contributed by atoms with Gasteiger partial charge in [0.2, 0.25) is 0 Å². The minimum atomic E-state index is -0.0183. The number of rotatable bonds is 5. The highest BCUT2D eigenvalue weighted by molar-refractivity contribution is 6.34. The summed E-state index contributed by atoms with van der Waals surface area (Å²) >= 11 is 6.13. The van der Waals surface area contributed by atoms with E-state index in [0.717, 1.165) is 24.3 Å². The van der Waals surface area contributed by atoms with E-state index in [9.17, 15) is 0 Å². The van der Waals surface area contributed by atoms with E-state index in [-0.39, 0.29) is 5.84 Å². The Balaban J connectivity index is 2.15. The zero-order valence-corrected chi connectivity index (χ0v) is 12.1. The summed E-state index contributed by atoms with van der Waals surface area (Å²) in [5, 5.41) is 8.16. The van der Waals surface area contributed by atoms with Crippen LogP contribution < -0.4 is 10.6 Å². The third-order valence-electron chi connectivity index (χ3n) is 3.10. The fourth-order valence-electron chi connectivity index (χ4n) is 2.05. The Labute approximate surface area is 123 Å².